The van der Waals surface area contributed by atoms with Gasteiger partial charge in [0.15, 0.2) is 6.10 Å². The lowest BCUT2D eigenvalue weighted by Crippen LogP contribution is -2.34. The number of hydrogen-bond acceptors (Lipinski definition) is 4. The van der Waals surface area contributed by atoms with E-state index in [9.17, 15) is 14.0 Å². The van der Waals surface area contributed by atoms with Gasteiger partial charge in [-0.05, 0) is 48.9 Å². The van der Waals surface area contributed by atoms with Crippen molar-refractivity contribution in [1.82, 2.24) is 5.48 Å². The van der Waals surface area contributed by atoms with Gasteiger partial charge in [-0.1, -0.05) is 17.7 Å². The summed E-state index contributed by atoms with van der Waals surface area (Å²) in [6, 6.07) is 10.6. The van der Waals surface area contributed by atoms with Gasteiger partial charge in [-0.3, -0.25) is 19.9 Å². The third-order valence-electron chi connectivity index (χ3n) is 4.23. The Kier molecular flexibility index (Phi) is 3.59. The first-order chi connectivity index (χ1) is 12.0. The number of aryl methyl sites for hydroxylation is 1. The van der Waals surface area contributed by atoms with Crippen LogP contribution in [0.15, 0.2) is 48.0 Å². The molecule has 1 N–H and O–H groups in total. The van der Waals surface area contributed by atoms with E-state index in [1.807, 2.05) is 0 Å². The molecule has 25 heavy (non-hydrogen) atoms. The van der Waals surface area contributed by atoms with Crippen molar-refractivity contribution in [2.45, 2.75) is 13.0 Å². The summed E-state index contributed by atoms with van der Waals surface area (Å²) in [5.41, 5.74) is 4.91. The zero-order valence-electron chi connectivity index (χ0n) is 13.0. The van der Waals surface area contributed by atoms with Gasteiger partial charge >= 0.3 is 0 Å². The van der Waals surface area contributed by atoms with Crippen molar-refractivity contribution in [3.8, 4) is 0 Å². The Balaban J connectivity index is 1.82. The molecule has 0 aromatic heterocycles. The number of carbonyl (C=O) groups excluding carboxylic acids is 2. The van der Waals surface area contributed by atoms with E-state index in [-0.39, 0.29) is 5.57 Å². The number of rotatable bonds is 2. The van der Waals surface area contributed by atoms with Gasteiger partial charge in [0, 0.05) is 10.6 Å². The third-order valence-corrected chi connectivity index (χ3v) is 4.47. The van der Waals surface area contributed by atoms with Crippen LogP contribution in [0.4, 0.5) is 10.1 Å². The van der Waals surface area contributed by atoms with Crippen molar-refractivity contribution in [3.63, 3.8) is 0 Å². The Morgan fingerprint density at radius 3 is 2.60 bits per heavy atom. The normalized spacial score (nSPS) is 19.5. The average molecular weight is 359 g/mol. The van der Waals surface area contributed by atoms with Crippen LogP contribution in [-0.4, -0.2) is 17.9 Å². The number of carbonyl (C=O) groups is 2. The van der Waals surface area contributed by atoms with E-state index >= 15 is 0 Å². The second kappa shape index (κ2) is 5.68. The van der Waals surface area contributed by atoms with Gasteiger partial charge in [0.2, 0.25) is 0 Å². The van der Waals surface area contributed by atoms with Crippen molar-refractivity contribution in [2.75, 3.05) is 4.90 Å². The van der Waals surface area contributed by atoms with Crippen molar-refractivity contribution < 1.29 is 18.8 Å². The zero-order valence-corrected chi connectivity index (χ0v) is 13.8. The molecule has 2 heterocycles. The van der Waals surface area contributed by atoms with E-state index < -0.39 is 23.7 Å². The van der Waals surface area contributed by atoms with E-state index in [2.05, 4.69) is 5.48 Å². The lowest BCUT2D eigenvalue weighted by atomic mass is 10.0. The van der Waals surface area contributed by atoms with Gasteiger partial charge < -0.3 is 0 Å². The molecule has 7 heteroatoms. The highest BCUT2D eigenvalue weighted by Gasteiger charge is 2.50. The molecule has 4 rings (SSSR count). The monoisotopic (exact) mass is 358 g/mol. The molecule has 2 aromatic carbocycles. The smallest absolute Gasteiger partial charge is 0.270 e. The topological polar surface area (TPSA) is 58.6 Å². The number of nitrogens with one attached hydrogen (secondary N) is 1. The summed E-state index contributed by atoms with van der Waals surface area (Å²) < 4.78 is 13.1. The van der Waals surface area contributed by atoms with E-state index in [1.54, 1.807) is 25.1 Å². The summed E-state index contributed by atoms with van der Waals surface area (Å²) in [7, 11) is 0. The van der Waals surface area contributed by atoms with Crippen LogP contribution in [-0.2, 0) is 14.4 Å². The van der Waals surface area contributed by atoms with E-state index in [1.165, 1.54) is 24.3 Å². The quantitative estimate of drug-likeness (QED) is 0.838. The number of imide groups is 1. The van der Waals surface area contributed by atoms with Crippen molar-refractivity contribution >= 4 is 34.8 Å². The maximum atomic E-state index is 13.1. The maximum Gasteiger partial charge on any atom is 0.270 e. The molecule has 2 aromatic rings. The Hall–Kier alpha value is -2.70. The summed E-state index contributed by atoms with van der Waals surface area (Å²) in [4.78, 5) is 32.0. The fraction of sp³-hybridized carbons (Fsp3) is 0.111. The van der Waals surface area contributed by atoms with Crippen LogP contribution < -0.4 is 10.4 Å². The minimum atomic E-state index is -1.04. The SMILES string of the molecule is Cc1ccc(Cl)cc1N1C(=O)C2=C(c3ccc(F)cc3)NO[C@H]2C1=O. The molecule has 0 radical (unpaired) electrons. The highest BCUT2D eigenvalue weighted by molar-refractivity contribution is 6.34. The standard InChI is InChI=1S/C18H12ClFN2O3/c1-9-2-5-11(19)8-13(9)22-17(23)14-15(21-25-16(14)18(22)24)10-3-6-12(20)7-4-10/h2-8,16,21H,1H3/t16-/m1/s1. The van der Waals surface area contributed by atoms with Crippen LogP contribution in [0.2, 0.25) is 5.02 Å². The number of benzene rings is 2. The first-order valence-corrected chi connectivity index (χ1v) is 7.91. The number of hydrogen-bond donors (Lipinski definition) is 1. The Bertz CT molecular complexity index is 940. The predicted molar refractivity (Wildman–Crippen MR) is 90.0 cm³/mol. The molecule has 0 aliphatic carbocycles. The van der Waals surface area contributed by atoms with E-state index in [0.717, 1.165) is 10.5 Å². The molecule has 2 aliphatic heterocycles. The van der Waals surface area contributed by atoms with Gasteiger partial charge in [0.05, 0.1) is 17.0 Å². The molecular weight excluding hydrogens is 347 g/mol. The fourth-order valence-corrected chi connectivity index (χ4v) is 3.14. The molecule has 1 saturated heterocycles. The van der Waals surface area contributed by atoms with Crippen molar-refractivity contribution in [2.24, 2.45) is 0 Å². The Morgan fingerprint density at radius 2 is 1.88 bits per heavy atom. The zero-order chi connectivity index (χ0) is 17.7. The van der Waals surface area contributed by atoms with Crippen molar-refractivity contribution in [1.29, 1.82) is 0 Å². The molecule has 2 aliphatic rings. The molecule has 1 atom stereocenters. The molecule has 1 fully saturated rings. The number of amides is 2. The Labute approximate surface area is 147 Å². The van der Waals surface area contributed by atoms with Crippen LogP contribution in [0.5, 0.6) is 0 Å². The van der Waals surface area contributed by atoms with Gasteiger partial charge in [0.1, 0.15) is 5.82 Å². The highest BCUT2D eigenvalue weighted by atomic mass is 35.5. The second-order valence-corrected chi connectivity index (χ2v) is 6.24. The van der Waals surface area contributed by atoms with E-state index in [4.69, 9.17) is 16.4 Å². The lowest BCUT2D eigenvalue weighted by molar-refractivity contribution is -0.127. The summed E-state index contributed by atoms with van der Waals surface area (Å²) in [5, 5.41) is 0.421. The number of nitrogens with zero attached hydrogens (tertiary/aromatic N) is 1. The van der Waals surface area contributed by atoms with Crippen molar-refractivity contribution in [3.05, 3.63) is 70.0 Å². The van der Waals surface area contributed by atoms with Gasteiger partial charge in [-0.15, -0.1) is 0 Å². The molecule has 0 bridgehead atoms. The number of hydroxylamine groups is 1. The molecule has 0 unspecified atom stereocenters. The van der Waals surface area contributed by atoms with E-state index in [0.29, 0.717) is 22.0 Å². The molecular formula is C18H12ClFN2O3. The van der Waals surface area contributed by atoms with Gasteiger partial charge in [-0.25, -0.2) is 9.29 Å². The number of fused-ring (bicyclic) bond motifs is 1. The molecule has 126 valence electrons. The van der Waals surface area contributed by atoms with Crippen LogP contribution in [0, 0.1) is 12.7 Å². The fourth-order valence-electron chi connectivity index (χ4n) is 2.98. The molecule has 0 saturated carbocycles. The summed E-state index contributed by atoms with van der Waals surface area (Å²) in [6.45, 7) is 1.79. The first-order valence-electron chi connectivity index (χ1n) is 7.53. The molecule has 2 amide bonds. The summed E-state index contributed by atoms with van der Waals surface area (Å²) >= 11 is 6.01. The largest absolute Gasteiger partial charge is 0.270 e. The van der Waals surface area contributed by atoms with Crippen LogP contribution in [0.25, 0.3) is 5.70 Å². The molecule has 0 spiro atoms. The number of anilines is 1. The average Bonchev–Trinajstić information content (AvgIpc) is 3.12. The minimum Gasteiger partial charge on any atom is -0.270 e. The minimum absolute atomic E-state index is 0.205. The van der Waals surface area contributed by atoms with Crippen LogP contribution in [0.3, 0.4) is 0 Å². The predicted octanol–water partition coefficient (Wildman–Crippen LogP) is 2.98. The van der Waals surface area contributed by atoms with Crippen LogP contribution >= 0.6 is 11.6 Å². The number of halogens is 2. The van der Waals surface area contributed by atoms with Crippen LogP contribution in [0.1, 0.15) is 11.1 Å². The first kappa shape index (κ1) is 15.8. The summed E-state index contributed by atoms with van der Waals surface area (Å²) in [6.07, 6.45) is -1.04. The molecule has 5 nitrogen and oxygen atoms in total. The highest BCUT2D eigenvalue weighted by Crippen LogP contribution is 2.37. The van der Waals surface area contributed by atoms with Gasteiger partial charge in [0.25, 0.3) is 11.8 Å². The second-order valence-electron chi connectivity index (χ2n) is 5.81. The summed E-state index contributed by atoms with van der Waals surface area (Å²) in [5.74, 6) is -1.37. The maximum absolute atomic E-state index is 13.1. The lowest BCUT2D eigenvalue weighted by Gasteiger charge is -2.18. The Morgan fingerprint density at radius 1 is 1.16 bits per heavy atom. The third kappa shape index (κ3) is 2.42. The van der Waals surface area contributed by atoms with Gasteiger partial charge in [-0.2, -0.15) is 0 Å².